The van der Waals surface area contributed by atoms with Gasteiger partial charge in [0.15, 0.2) is 5.82 Å². The minimum atomic E-state index is -0.172. The molecule has 1 aromatic heterocycles. The Bertz CT molecular complexity index is 355. The monoisotopic (exact) mass is 267 g/mol. The molecule has 1 heterocycles. The number of hydrogen-bond acceptors (Lipinski definition) is 4. The maximum Gasteiger partial charge on any atom is 0.226 e. The van der Waals surface area contributed by atoms with E-state index in [1.165, 1.54) is 32.1 Å². The van der Waals surface area contributed by atoms with E-state index in [0.717, 1.165) is 18.7 Å². The Kier molecular flexibility index (Phi) is 6.49. The summed E-state index contributed by atoms with van der Waals surface area (Å²) in [5, 5.41) is 4.00. The minimum absolute atomic E-state index is 0.0404. The molecule has 4 heteroatoms. The molecule has 0 amide bonds. The molecule has 0 fully saturated rings. The van der Waals surface area contributed by atoms with Crippen molar-refractivity contribution in [2.45, 2.75) is 78.7 Å². The quantitative estimate of drug-likeness (QED) is 0.722. The summed E-state index contributed by atoms with van der Waals surface area (Å²) in [5.74, 6) is 1.36. The molecule has 1 atom stereocenters. The second-order valence-corrected chi connectivity index (χ2v) is 6.41. The van der Waals surface area contributed by atoms with Crippen LogP contribution < -0.4 is 5.73 Å². The predicted octanol–water partition coefficient (Wildman–Crippen LogP) is 4.02. The van der Waals surface area contributed by atoms with Gasteiger partial charge in [-0.1, -0.05) is 65.0 Å². The van der Waals surface area contributed by atoms with Gasteiger partial charge in [-0.25, -0.2) is 0 Å². The van der Waals surface area contributed by atoms with Crippen molar-refractivity contribution in [3.05, 3.63) is 11.7 Å². The summed E-state index contributed by atoms with van der Waals surface area (Å²) >= 11 is 0. The first-order valence-electron chi connectivity index (χ1n) is 7.53. The molecule has 0 aliphatic rings. The molecule has 4 nitrogen and oxygen atoms in total. The lowest BCUT2D eigenvalue weighted by Gasteiger charge is -2.23. The lowest BCUT2D eigenvalue weighted by atomic mass is 9.87. The van der Waals surface area contributed by atoms with E-state index in [0.29, 0.717) is 5.82 Å². The molecule has 0 bridgehead atoms. The van der Waals surface area contributed by atoms with E-state index in [1.807, 2.05) is 0 Å². The zero-order valence-corrected chi connectivity index (χ0v) is 12.9. The van der Waals surface area contributed by atoms with Crippen molar-refractivity contribution < 1.29 is 4.52 Å². The Labute approximate surface area is 117 Å². The van der Waals surface area contributed by atoms with Crippen LogP contribution in [0.5, 0.6) is 0 Å². The second-order valence-electron chi connectivity index (χ2n) is 6.41. The lowest BCUT2D eigenvalue weighted by molar-refractivity contribution is 0.300. The Hall–Kier alpha value is -0.900. The van der Waals surface area contributed by atoms with E-state index in [1.54, 1.807) is 0 Å². The standard InChI is InChI=1S/C15H29N3O/c1-5-6-7-8-9-10-11-12-17-14(18-19-12)13(16)15(2,3)4/h13H,5-11,16H2,1-4H3. The average Bonchev–Trinajstić information content (AvgIpc) is 2.80. The zero-order chi connectivity index (χ0) is 14.3. The molecule has 0 radical (unpaired) electrons. The molecule has 1 rings (SSSR count). The van der Waals surface area contributed by atoms with Gasteiger partial charge >= 0.3 is 0 Å². The fraction of sp³-hybridized carbons (Fsp3) is 0.867. The van der Waals surface area contributed by atoms with Crippen LogP contribution in [0.2, 0.25) is 0 Å². The normalized spacial score (nSPS) is 13.7. The van der Waals surface area contributed by atoms with Gasteiger partial charge in [-0.05, 0) is 11.8 Å². The SMILES string of the molecule is CCCCCCCCc1nc(C(N)C(C)(C)C)no1. The van der Waals surface area contributed by atoms with Crippen LogP contribution in [-0.4, -0.2) is 10.1 Å². The van der Waals surface area contributed by atoms with Gasteiger partial charge < -0.3 is 10.3 Å². The summed E-state index contributed by atoms with van der Waals surface area (Å²) in [6.07, 6.45) is 8.49. The van der Waals surface area contributed by atoms with Gasteiger partial charge in [-0.2, -0.15) is 4.98 Å². The number of unbranched alkanes of at least 4 members (excludes halogenated alkanes) is 5. The molecule has 1 unspecified atom stereocenters. The minimum Gasteiger partial charge on any atom is -0.339 e. The molecule has 2 N–H and O–H groups in total. The largest absolute Gasteiger partial charge is 0.339 e. The smallest absolute Gasteiger partial charge is 0.226 e. The average molecular weight is 267 g/mol. The number of hydrogen-bond donors (Lipinski definition) is 1. The van der Waals surface area contributed by atoms with Crippen molar-refractivity contribution in [1.29, 1.82) is 0 Å². The number of nitrogens with two attached hydrogens (primary N) is 1. The van der Waals surface area contributed by atoms with Gasteiger partial charge in [-0.15, -0.1) is 0 Å². The molecule has 0 aliphatic carbocycles. The molecular formula is C15H29N3O. The highest BCUT2D eigenvalue weighted by atomic mass is 16.5. The topological polar surface area (TPSA) is 64.9 Å². The maximum absolute atomic E-state index is 6.11. The zero-order valence-electron chi connectivity index (χ0n) is 12.9. The van der Waals surface area contributed by atoms with Crippen molar-refractivity contribution in [2.75, 3.05) is 0 Å². The highest BCUT2D eigenvalue weighted by Gasteiger charge is 2.26. The van der Waals surface area contributed by atoms with Crippen LogP contribution in [0, 0.1) is 5.41 Å². The van der Waals surface area contributed by atoms with Crippen LogP contribution in [0.4, 0.5) is 0 Å². The summed E-state index contributed by atoms with van der Waals surface area (Å²) in [5.41, 5.74) is 6.07. The van der Waals surface area contributed by atoms with E-state index < -0.39 is 0 Å². The van der Waals surface area contributed by atoms with Gasteiger partial charge in [-0.3, -0.25) is 0 Å². The molecule has 0 spiro atoms. The van der Waals surface area contributed by atoms with E-state index in [9.17, 15) is 0 Å². The summed E-state index contributed by atoms with van der Waals surface area (Å²) in [4.78, 5) is 4.41. The third kappa shape index (κ3) is 5.72. The third-order valence-electron chi connectivity index (χ3n) is 3.44. The number of rotatable bonds is 8. The Balaban J connectivity index is 2.31. The van der Waals surface area contributed by atoms with Crippen LogP contribution in [-0.2, 0) is 6.42 Å². The van der Waals surface area contributed by atoms with Gasteiger partial charge in [0.05, 0.1) is 6.04 Å². The van der Waals surface area contributed by atoms with Gasteiger partial charge in [0.2, 0.25) is 5.89 Å². The number of aromatic nitrogens is 2. The molecule has 0 aliphatic heterocycles. The third-order valence-corrected chi connectivity index (χ3v) is 3.44. The van der Waals surface area contributed by atoms with E-state index in [4.69, 9.17) is 10.3 Å². The van der Waals surface area contributed by atoms with Crippen molar-refractivity contribution in [3.8, 4) is 0 Å². The first-order valence-corrected chi connectivity index (χ1v) is 7.53. The second kappa shape index (κ2) is 7.63. The molecule has 0 saturated carbocycles. The van der Waals surface area contributed by atoms with E-state index in [-0.39, 0.29) is 11.5 Å². The van der Waals surface area contributed by atoms with Crippen LogP contribution in [0.3, 0.4) is 0 Å². The van der Waals surface area contributed by atoms with Gasteiger partial charge in [0.25, 0.3) is 0 Å². The lowest BCUT2D eigenvalue weighted by Crippen LogP contribution is -2.27. The van der Waals surface area contributed by atoms with Gasteiger partial charge in [0.1, 0.15) is 0 Å². The Morgan fingerprint density at radius 3 is 2.37 bits per heavy atom. The highest BCUT2D eigenvalue weighted by Crippen LogP contribution is 2.28. The Morgan fingerprint density at radius 1 is 1.11 bits per heavy atom. The van der Waals surface area contributed by atoms with Crippen LogP contribution in [0.15, 0.2) is 4.52 Å². The first kappa shape index (κ1) is 16.2. The van der Waals surface area contributed by atoms with Crippen molar-refractivity contribution in [2.24, 2.45) is 11.1 Å². The Morgan fingerprint density at radius 2 is 1.74 bits per heavy atom. The highest BCUT2D eigenvalue weighted by molar-refractivity contribution is 4.97. The van der Waals surface area contributed by atoms with Crippen LogP contribution in [0.1, 0.15) is 84.0 Å². The first-order chi connectivity index (χ1) is 8.95. The van der Waals surface area contributed by atoms with Crippen molar-refractivity contribution in [3.63, 3.8) is 0 Å². The number of nitrogens with zero attached hydrogens (tertiary/aromatic N) is 2. The van der Waals surface area contributed by atoms with Crippen molar-refractivity contribution in [1.82, 2.24) is 10.1 Å². The summed E-state index contributed by atoms with van der Waals surface area (Å²) in [6.45, 7) is 8.49. The summed E-state index contributed by atoms with van der Waals surface area (Å²) in [6, 6.07) is -0.172. The fourth-order valence-electron chi connectivity index (χ4n) is 1.94. The van der Waals surface area contributed by atoms with Crippen LogP contribution in [0.25, 0.3) is 0 Å². The summed E-state index contributed by atoms with van der Waals surface area (Å²) < 4.78 is 5.27. The summed E-state index contributed by atoms with van der Waals surface area (Å²) in [7, 11) is 0. The fourth-order valence-corrected chi connectivity index (χ4v) is 1.94. The molecule has 110 valence electrons. The molecule has 0 aromatic carbocycles. The molecule has 0 saturated heterocycles. The van der Waals surface area contributed by atoms with Gasteiger partial charge in [0, 0.05) is 6.42 Å². The maximum atomic E-state index is 6.11. The molecule has 19 heavy (non-hydrogen) atoms. The van der Waals surface area contributed by atoms with E-state index >= 15 is 0 Å². The molecular weight excluding hydrogens is 238 g/mol. The number of aryl methyl sites for hydroxylation is 1. The molecule has 1 aromatic rings. The van der Waals surface area contributed by atoms with E-state index in [2.05, 4.69) is 37.8 Å². The van der Waals surface area contributed by atoms with Crippen molar-refractivity contribution >= 4 is 0 Å². The van der Waals surface area contributed by atoms with Crippen LogP contribution >= 0.6 is 0 Å². The predicted molar refractivity (Wildman–Crippen MR) is 77.8 cm³/mol.